The van der Waals surface area contributed by atoms with Crippen LogP contribution in [0.2, 0.25) is 0 Å². The van der Waals surface area contributed by atoms with Crippen molar-refractivity contribution in [2.24, 2.45) is 0 Å². The number of fused-ring (bicyclic) bond motifs is 1. The van der Waals surface area contributed by atoms with E-state index in [9.17, 15) is 4.79 Å². The standard InChI is InChI=1S/C18H19N5O2/c1-11-5-6-19-17(20-11)16-10-23(7-8-25-16)18(24)13-3-4-14-15(9-13)22-12(2)21-14/h3-6,9,16H,7-8,10H2,1-2H3,(H,21,22). The van der Waals surface area contributed by atoms with Crippen LogP contribution in [0.15, 0.2) is 30.5 Å². The van der Waals surface area contributed by atoms with Crippen LogP contribution in [-0.2, 0) is 4.74 Å². The Labute approximate surface area is 145 Å². The summed E-state index contributed by atoms with van der Waals surface area (Å²) in [5.74, 6) is 1.44. The lowest BCUT2D eigenvalue weighted by atomic mass is 10.1. The van der Waals surface area contributed by atoms with E-state index in [2.05, 4.69) is 19.9 Å². The molecule has 0 aliphatic carbocycles. The summed E-state index contributed by atoms with van der Waals surface area (Å²) in [6.45, 7) is 5.29. The third-order valence-corrected chi connectivity index (χ3v) is 4.30. The predicted molar refractivity (Wildman–Crippen MR) is 92.2 cm³/mol. The Hall–Kier alpha value is -2.80. The summed E-state index contributed by atoms with van der Waals surface area (Å²) < 4.78 is 5.77. The summed E-state index contributed by atoms with van der Waals surface area (Å²) in [5, 5.41) is 0. The van der Waals surface area contributed by atoms with E-state index in [1.54, 1.807) is 11.1 Å². The molecule has 1 aliphatic heterocycles. The van der Waals surface area contributed by atoms with Gasteiger partial charge in [-0.05, 0) is 38.1 Å². The van der Waals surface area contributed by atoms with Crippen LogP contribution in [0.25, 0.3) is 11.0 Å². The zero-order valence-electron chi connectivity index (χ0n) is 14.2. The first-order valence-electron chi connectivity index (χ1n) is 8.27. The molecule has 3 aromatic rings. The summed E-state index contributed by atoms with van der Waals surface area (Å²) in [5.41, 5.74) is 3.26. The maximum Gasteiger partial charge on any atom is 0.254 e. The molecule has 7 nitrogen and oxygen atoms in total. The van der Waals surface area contributed by atoms with Crippen LogP contribution in [0.3, 0.4) is 0 Å². The number of hydrogen-bond donors (Lipinski definition) is 1. The molecule has 7 heteroatoms. The highest BCUT2D eigenvalue weighted by molar-refractivity contribution is 5.97. The van der Waals surface area contributed by atoms with Gasteiger partial charge >= 0.3 is 0 Å². The van der Waals surface area contributed by atoms with E-state index in [0.717, 1.165) is 22.6 Å². The SMILES string of the molecule is Cc1ccnc(C2CN(C(=O)c3ccc4nc(C)[nH]c4c3)CCO2)n1. The highest BCUT2D eigenvalue weighted by atomic mass is 16.5. The van der Waals surface area contributed by atoms with Crippen molar-refractivity contribution in [1.82, 2.24) is 24.8 Å². The number of benzene rings is 1. The fourth-order valence-corrected chi connectivity index (χ4v) is 3.07. The number of aromatic nitrogens is 4. The van der Waals surface area contributed by atoms with Gasteiger partial charge in [-0.25, -0.2) is 15.0 Å². The van der Waals surface area contributed by atoms with Crippen molar-refractivity contribution in [3.8, 4) is 0 Å². The fourth-order valence-electron chi connectivity index (χ4n) is 3.07. The fraction of sp³-hybridized carbons (Fsp3) is 0.333. The first-order chi connectivity index (χ1) is 12.1. The Balaban J connectivity index is 1.56. The molecule has 1 aromatic carbocycles. The molecule has 4 rings (SSSR count). The molecule has 1 atom stereocenters. The minimum absolute atomic E-state index is 0.0184. The molecular formula is C18H19N5O2. The van der Waals surface area contributed by atoms with Gasteiger partial charge in [-0.15, -0.1) is 0 Å². The van der Waals surface area contributed by atoms with Crippen molar-refractivity contribution in [2.45, 2.75) is 20.0 Å². The van der Waals surface area contributed by atoms with Gasteiger partial charge in [-0.2, -0.15) is 0 Å². The second-order valence-corrected chi connectivity index (χ2v) is 6.22. The monoisotopic (exact) mass is 337 g/mol. The number of carbonyl (C=O) groups is 1. The van der Waals surface area contributed by atoms with E-state index in [0.29, 0.717) is 31.1 Å². The number of rotatable bonds is 2. The lowest BCUT2D eigenvalue weighted by molar-refractivity contribution is -0.0268. The van der Waals surface area contributed by atoms with Crippen LogP contribution in [0.5, 0.6) is 0 Å². The van der Waals surface area contributed by atoms with Crippen LogP contribution in [0.4, 0.5) is 0 Å². The van der Waals surface area contributed by atoms with Crippen molar-refractivity contribution < 1.29 is 9.53 Å². The van der Waals surface area contributed by atoms with Gasteiger partial charge in [0.25, 0.3) is 5.91 Å². The summed E-state index contributed by atoms with van der Waals surface area (Å²) in [6.07, 6.45) is 1.42. The van der Waals surface area contributed by atoms with Gasteiger partial charge in [0, 0.05) is 24.0 Å². The van der Waals surface area contributed by atoms with E-state index in [1.165, 1.54) is 0 Å². The minimum atomic E-state index is -0.296. The Morgan fingerprint density at radius 3 is 3.00 bits per heavy atom. The number of carbonyl (C=O) groups excluding carboxylic acids is 1. The smallest absolute Gasteiger partial charge is 0.254 e. The van der Waals surface area contributed by atoms with E-state index in [4.69, 9.17) is 4.74 Å². The number of nitrogens with zero attached hydrogens (tertiary/aromatic N) is 4. The van der Waals surface area contributed by atoms with E-state index in [-0.39, 0.29) is 12.0 Å². The zero-order valence-corrected chi connectivity index (χ0v) is 14.2. The Morgan fingerprint density at radius 1 is 1.28 bits per heavy atom. The quantitative estimate of drug-likeness (QED) is 0.775. The lowest BCUT2D eigenvalue weighted by Gasteiger charge is -2.32. The van der Waals surface area contributed by atoms with Crippen molar-refractivity contribution in [2.75, 3.05) is 19.7 Å². The lowest BCUT2D eigenvalue weighted by Crippen LogP contribution is -2.42. The van der Waals surface area contributed by atoms with E-state index >= 15 is 0 Å². The maximum absolute atomic E-state index is 12.9. The molecule has 1 unspecified atom stereocenters. The highest BCUT2D eigenvalue weighted by Gasteiger charge is 2.28. The number of morpholine rings is 1. The van der Waals surface area contributed by atoms with E-state index < -0.39 is 0 Å². The van der Waals surface area contributed by atoms with Gasteiger partial charge in [0.05, 0.1) is 24.2 Å². The summed E-state index contributed by atoms with van der Waals surface area (Å²) >= 11 is 0. The van der Waals surface area contributed by atoms with Crippen molar-refractivity contribution in [3.05, 3.63) is 53.4 Å². The molecular weight excluding hydrogens is 318 g/mol. The number of ether oxygens (including phenoxy) is 1. The van der Waals surface area contributed by atoms with Crippen molar-refractivity contribution >= 4 is 16.9 Å². The molecule has 1 N–H and O–H groups in total. The Morgan fingerprint density at radius 2 is 2.16 bits per heavy atom. The molecule has 0 radical (unpaired) electrons. The first-order valence-corrected chi connectivity index (χ1v) is 8.27. The zero-order chi connectivity index (χ0) is 17.4. The van der Waals surface area contributed by atoms with Gasteiger partial charge in [-0.1, -0.05) is 0 Å². The molecule has 0 spiro atoms. The van der Waals surface area contributed by atoms with Crippen LogP contribution >= 0.6 is 0 Å². The highest BCUT2D eigenvalue weighted by Crippen LogP contribution is 2.22. The molecule has 2 aromatic heterocycles. The second-order valence-electron chi connectivity index (χ2n) is 6.22. The molecule has 3 heterocycles. The third-order valence-electron chi connectivity index (χ3n) is 4.30. The summed E-state index contributed by atoms with van der Waals surface area (Å²) in [7, 11) is 0. The Kier molecular flexibility index (Phi) is 3.93. The molecule has 1 saturated heterocycles. The predicted octanol–water partition coefficient (Wildman–Crippen LogP) is 2.18. The van der Waals surface area contributed by atoms with Gasteiger partial charge in [-0.3, -0.25) is 4.79 Å². The molecule has 1 fully saturated rings. The molecule has 0 bridgehead atoms. The molecule has 128 valence electrons. The third kappa shape index (κ3) is 3.10. The average molecular weight is 337 g/mol. The second kappa shape index (κ2) is 6.25. The number of hydrogen-bond acceptors (Lipinski definition) is 5. The van der Waals surface area contributed by atoms with Gasteiger partial charge < -0.3 is 14.6 Å². The van der Waals surface area contributed by atoms with Crippen LogP contribution in [0.1, 0.15) is 33.8 Å². The van der Waals surface area contributed by atoms with Crippen molar-refractivity contribution in [1.29, 1.82) is 0 Å². The normalized spacial score (nSPS) is 17.8. The van der Waals surface area contributed by atoms with Gasteiger partial charge in [0.15, 0.2) is 5.82 Å². The number of nitrogens with one attached hydrogen (secondary N) is 1. The largest absolute Gasteiger partial charge is 0.367 e. The molecule has 25 heavy (non-hydrogen) atoms. The van der Waals surface area contributed by atoms with Crippen LogP contribution in [0, 0.1) is 13.8 Å². The maximum atomic E-state index is 12.9. The number of imidazole rings is 1. The number of aryl methyl sites for hydroxylation is 2. The Bertz CT molecular complexity index is 936. The number of aromatic amines is 1. The summed E-state index contributed by atoms with van der Waals surface area (Å²) in [4.78, 5) is 30.9. The van der Waals surface area contributed by atoms with Gasteiger partial charge in [0.1, 0.15) is 11.9 Å². The molecule has 0 saturated carbocycles. The number of amides is 1. The van der Waals surface area contributed by atoms with Gasteiger partial charge in [0.2, 0.25) is 0 Å². The van der Waals surface area contributed by atoms with Crippen molar-refractivity contribution in [3.63, 3.8) is 0 Å². The van der Waals surface area contributed by atoms with Crippen LogP contribution < -0.4 is 0 Å². The summed E-state index contributed by atoms with van der Waals surface area (Å²) in [6, 6.07) is 7.38. The topological polar surface area (TPSA) is 84.0 Å². The van der Waals surface area contributed by atoms with Crippen LogP contribution in [-0.4, -0.2) is 50.4 Å². The number of H-pyrrole nitrogens is 1. The van der Waals surface area contributed by atoms with E-state index in [1.807, 2.05) is 38.1 Å². The minimum Gasteiger partial charge on any atom is -0.367 e. The molecule has 1 aliphatic rings. The first kappa shape index (κ1) is 15.7. The average Bonchev–Trinajstić information content (AvgIpc) is 3.00. The molecule has 1 amide bonds.